The second kappa shape index (κ2) is 6.00. The normalized spacial score (nSPS) is 32.9. The van der Waals surface area contributed by atoms with Gasteiger partial charge < -0.3 is 5.32 Å². The first kappa shape index (κ1) is 14.2. The van der Waals surface area contributed by atoms with Crippen LogP contribution in [-0.2, 0) is 6.42 Å². The molecule has 2 saturated carbocycles. The van der Waals surface area contributed by atoms with Crippen molar-refractivity contribution >= 4 is 11.3 Å². The Kier molecular flexibility index (Phi) is 4.06. The van der Waals surface area contributed by atoms with Crippen molar-refractivity contribution in [3.63, 3.8) is 0 Å². The third-order valence-corrected chi connectivity index (χ3v) is 6.90. The summed E-state index contributed by atoms with van der Waals surface area (Å²) in [4.78, 5) is 6.79. The van der Waals surface area contributed by atoms with Crippen LogP contribution in [0.3, 0.4) is 0 Å². The smallest absolute Gasteiger partial charge is 0.0962 e. The third-order valence-electron chi connectivity index (χ3n) is 5.60. The predicted octanol–water partition coefficient (Wildman–Crippen LogP) is 4.61. The molecule has 0 radical (unpaired) electrons. The van der Waals surface area contributed by atoms with Crippen molar-refractivity contribution in [3.05, 3.63) is 15.6 Å². The number of rotatable bonds is 4. The first-order valence-corrected chi connectivity index (χ1v) is 9.84. The van der Waals surface area contributed by atoms with Gasteiger partial charge in [0.15, 0.2) is 0 Å². The monoisotopic (exact) mass is 304 g/mol. The molecular weight excluding hydrogens is 276 g/mol. The molecule has 116 valence electrons. The number of hydrogen-bond donors (Lipinski definition) is 1. The van der Waals surface area contributed by atoms with Gasteiger partial charge in [-0.2, -0.15) is 0 Å². The largest absolute Gasteiger partial charge is 0.313 e. The summed E-state index contributed by atoms with van der Waals surface area (Å²) >= 11 is 2.06. The summed E-state index contributed by atoms with van der Waals surface area (Å²) in [6.07, 6.45) is 12.4. The van der Waals surface area contributed by atoms with Crippen LogP contribution in [0.25, 0.3) is 0 Å². The zero-order chi connectivity index (χ0) is 14.2. The molecular formula is C18H28N2S. The standard InChI is InChI=1S/C18H28N2S/c1-12-4-2-5-13(10-12)18-20-17-14(11-19-15-8-9-15)6-3-7-16(17)21-18/h12-15,19H,2-11H2,1H3. The van der Waals surface area contributed by atoms with Crippen molar-refractivity contribution in [1.82, 2.24) is 10.3 Å². The highest BCUT2D eigenvalue weighted by Crippen LogP contribution is 2.42. The summed E-state index contributed by atoms with van der Waals surface area (Å²) < 4.78 is 0. The van der Waals surface area contributed by atoms with E-state index in [9.17, 15) is 0 Å². The van der Waals surface area contributed by atoms with E-state index in [1.165, 1.54) is 75.0 Å². The van der Waals surface area contributed by atoms with Gasteiger partial charge in [0, 0.05) is 29.3 Å². The fraction of sp³-hybridized carbons (Fsp3) is 0.833. The minimum Gasteiger partial charge on any atom is -0.313 e. The van der Waals surface area contributed by atoms with Crippen molar-refractivity contribution in [2.75, 3.05) is 6.54 Å². The maximum Gasteiger partial charge on any atom is 0.0962 e. The van der Waals surface area contributed by atoms with Crippen LogP contribution in [0.5, 0.6) is 0 Å². The first-order valence-electron chi connectivity index (χ1n) is 9.02. The Balaban J connectivity index is 1.49. The average molecular weight is 305 g/mol. The lowest BCUT2D eigenvalue weighted by molar-refractivity contribution is 0.343. The van der Waals surface area contributed by atoms with Crippen LogP contribution in [0.2, 0.25) is 0 Å². The van der Waals surface area contributed by atoms with E-state index in [2.05, 4.69) is 23.6 Å². The Morgan fingerprint density at radius 2 is 2.05 bits per heavy atom. The Bertz CT molecular complexity index is 491. The van der Waals surface area contributed by atoms with Gasteiger partial charge in [-0.05, 0) is 50.9 Å². The van der Waals surface area contributed by atoms with Gasteiger partial charge in [-0.15, -0.1) is 11.3 Å². The number of nitrogens with one attached hydrogen (secondary N) is 1. The molecule has 0 spiro atoms. The maximum atomic E-state index is 5.17. The molecule has 3 atom stereocenters. The highest BCUT2D eigenvalue weighted by Gasteiger charge is 2.30. The molecule has 3 aliphatic rings. The van der Waals surface area contributed by atoms with E-state index in [4.69, 9.17) is 4.98 Å². The molecule has 1 aromatic heterocycles. The maximum absolute atomic E-state index is 5.17. The zero-order valence-corrected chi connectivity index (χ0v) is 14.1. The SMILES string of the molecule is CC1CCCC(c2nc3c(s2)CCCC3CNC2CC2)C1. The molecule has 1 N–H and O–H groups in total. The van der Waals surface area contributed by atoms with E-state index < -0.39 is 0 Å². The van der Waals surface area contributed by atoms with Gasteiger partial charge in [0.25, 0.3) is 0 Å². The Hall–Kier alpha value is -0.410. The van der Waals surface area contributed by atoms with Crippen LogP contribution in [0.1, 0.15) is 85.7 Å². The van der Waals surface area contributed by atoms with Crippen LogP contribution in [0.15, 0.2) is 0 Å². The summed E-state index contributed by atoms with van der Waals surface area (Å²) in [5.41, 5.74) is 1.48. The molecule has 0 aromatic carbocycles. The third kappa shape index (κ3) is 3.19. The van der Waals surface area contributed by atoms with Gasteiger partial charge in [-0.25, -0.2) is 4.98 Å². The molecule has 0 bridgehead atoms. The van der Waals surface area contributed by atoms with Crippen LogP contribution >= 0.6 is 11.3 Å². The number of aryl methyl sites for hydroxylation is 1. The van der Waals surface area contributed by atoms with Crippen molar-refractivity contribution in [2.45, 2.75) is 82.6 Å². The lowest BCUT2D eigenvalue weighted by Crippen LogP contribution is -2.26. The molecule has 3 aliphatic carbocycles. The van der Waals surface area contributed by atoms with Crippen LogP contribution in [0.4, 0.5) is 0 Å². The predicted molar refractivity (Wildman–Crippen MR) is 89.2 cm³/mol. The lowest BCUT2D eigenvalue weighted by Gasteiger charge is -2.25. The number of fused-ring (bicyclic) bond motifs is 1. The average Bonchev–Trinajstić information content (AvgIpc) is 3.21. The Morgan fingerprint density at radius 1 is 1.14 bits per heavy atom. The molecule has 0 amide bonds. The van der Waals surface area contributed by atoms with Crippen LogP contribution < -0.4 is 5.32 Å². The second-order valence-electron chi connectivity index (χ2n) is 7.60. The van der Waals surface area contributed by atoms with E-state index in [0.29, 0.717) is 5.92 Å². The van der Waals surface area contributed by atoms with Gasteiger partial charge in [0.1, 0.15) is 0 Å². The van der Waals surface area contributed by atoms with Crippen molar-refractivity contribution in [2.24, 2.45) is 5.92 Å². The van der Waals surface area contributed by atoms with Gasteiger partial charge in [-0.3, -0.25) is 0 Å². The van der Waals surface area contributed by atoms with Gasteiger partial charge in [0.2, 0.25) is 0 Å². The highest BCUT2D eigenvalue weighted by atomic mass is 32.1. The van der Waals surface area contributed by atoms with E-state index >= 15 is 0 Å². The Morgan fingerprint density at radius 3 is 2.86 bits per heavy atom. The fourth-order valence-corrected chi connectivity index (χ4v) is 5.49. The minimum absolute atomic E-state index is 0.695. The molecule has 1 heterocycles. The molecule has 3 heteroatoms. The number of aromatic nitrogens is 1. The molecule has 4 rings (SSSR count). The van der Waals surface area contributed by atoms with E-state index in [1.54, 1.807) is 4.88 Å². The summed E-state index contributed by atoms with van der Waals surface area (Å²) in [6, 6.07) is 0.827. The Labute approximate surface area is 132 Å². The molecule has 0 saturated heterocycles. The van der Waals surface area contributed by atoms with Crippen molar-refractivity contribution in [1.29, 1.82) is 0 Å². The van der Waals surface area contributed by atoms with E-state index in [1.807, 2.05) is 0 Å². The quantitative estimate of drug-likeness (QED) is 0.878. The second-order valence-corrected chi connectivity index (χ2v) is 8.72. The van der Waals surface area contributed by atoms with Crippen LogP contribution in [0, 0.1) is 5.92 Å². The number of hydrogen-bond acceptors (Lipinski definition) is 3. The fourth-order valence-electron chi connectivity index (χ4n) is 4.15. The molecule has 21 heavy (non-hydrogen) atoms. The van der Waals surface area contributed by atoms with E-state index in [0.717, 1.165) is 17.9 Å². The number of nitrogens with zero attached hydrogens (tertiary/aromatic N) is 1. The zero-order valence-electron chi connectivity index (χ0n) is 13.2. The molecule has 1 aromatic rings. The number of thiazole rings is 1. The molecule has 2 fully saturated rings. The van der Waals surface area contributed by atoms with E-state index in [-0.39, 0.29) is 0 Å². The minimum atomic E-state index is 0.695. The van der Waals surface area contributed by atoms with Gasteiger partial charge >= 0.3 is 0 Å². The van der Waals surface area contributed by atoms with Gasteiger partial charge in [-0.1, -0.05) is 19.8 Å². The molecule has 3 unspecified atom stereocenters. The lowest BCUT2D eigenvalue weighted by atomic mass is 9.83. The molecule has 2 nitrogen and oxygen atoms in total. The summed E-state index contributed by atoms with van der Waals surface area (Å²) in [5, 5.41) is 5.20. The summed E-state index contributed by atoms with van der Waals surface area (Å²) in [7, 11) is 0. The van der Waals surface area contributed by atoms with Crippen molar-refractivity contribution < 1.29 is 0 Å². The first-order chi connectivity index (χ1) is 10.3. The summed E-state index contributed by atoms with van der Waals surface area (Å²) in [5.74, 6) is 2.36. The summed E-state index contributed by atoms with van der Waals surface area (Å²) in [6.45, 7) is 3.59. The topological polar surface area (TPSA) is 24.9 Å². The van der Waals surface area contributed by atoms with Crippen molar-refractivity contribution in [3.8, 4) is 0 Å². The molecule has 0 aliphatic heterocycles. The van der Waals surface area contributed by atoms with Crippen LogP contribution in [-0.4, -0.2) is 17.6 Å². The van der Waals surface area contributed by atoms with Gasteiger partial charge in [0.05, 0.1) is 10.7 Å². The highest BCUT2D eigenvalue weighted by molar-refractivity contribution is 7.11.